The van der Waals surface area contributed by atoms with Gasteiger partial charge in [-0.05, 0) is 42.1 Å². The zero-order valence-electron chi connectivity index (χ0n) is 10.6. The zero-order chi connectivity index (χ0) is 13.1. The number of anilines is 1. The van der Waals surface area contributed by atoms with Crippen LogP contribution in [-0.2, 0) is 11.3 Å². The lowest BCUT2D eigenvalue weighted by Crippen LogP contribution is -2.22. The van der Waals surface area contributed by atoms with Gasteiger partial charge in [0.05, 0.1) is 5.92 Å². The number of thiophene rings is 1. The summed E-state index contributed by atoms with van der Waals surface area (Å²) in [5.74, 6) is 0.0472. The second-order valence-electron chi connectivity index (χ2n) is 4.67. The van der Waals surface area contributed by atoms with E-state index in [1.807, 2.05) is 30.3 Å². The van der Waals surface area contributed by atoms with E-state index in [0.717, 1.165) is 25.2 Å². The molecule has 98 valence electrons. The molecule has 0 saturated carbocycles. The first kappa shape index (κ1) is 12.4. The minimum Gasteiger partial charge on any atom is -0.326 e. The van der Waals surface area contributed by atoms with Crippen molar-refractivity contribution >= 4 is 22.9 Å². The van der Waals surface area contributed by atoms with Crippen LogP contribution in [0.1, 0.15) is 22.8 Å². The third-order valence-corrected chi connectivity index (χ3v) is 4.35. The van der Waals surface area contributed by atoms with Crippen molar-refractivity contribution in [3.05, 3.63) is 52.2 Å². The molecular weight excluding hydrogens is 256 g/mol. The van der Waals surface area contributed by atoms with Crippen LogP contribution in [0, 0.1) is 0 Å². The summed E-state index contributed by atoms with van der Waals surface area (Å²) in [5.41, 5.74) is 2.05. The van der Waals surface area contributed by atoms with E-state index in [2.05, 4.69) is 22.1 Å². The van der Waals surface area contributed by atoms with E-state index in [-0.39, 0.29) is 11.8 Å². The molecule has 0 saturated heterocycles. The Bertz CT molecular complexity index is 565. The van der Waals surface area contributed by atoms with Gasteiger partial charge >= 0.3 is 0 Å². The van der Waals surface area contributed by atoms with Crippen molar-refractivity contribution in [2.45, 2.75) is 18.9 Å². The minimum atomic E-state index is -0.0449. The van der Waals surface area contributed by atoms with Gasteiger partial charge in [-0.3, -0.25) is 4.79 Å². The number of hydrogen-bond acceptors (Lipinski definition) is 3. The van der Waals surface area contributed by atoms with Gasteiger partial charge in [0.25, 0.3) is 0 Å². The smallest absolute Gasteiger partial charge is 0.232 e. The maximum absolute atomic E-state index is 12.4. The molecule has 0 aliphatic carbocycles. The van der Waals surface area contributed by atoms with E-state index in [0.29, 0.717) is 0 Å². The summed E-state index contributed by atoms with van der Waals surface area (Å²) in [7, 11) is 0. The number of amides is 1. The van der Waals surface area contributed by atoms with Crippen LogP contribution in [0.5, 0.6) is 0 Å². The number of carbonyl (C=O) groups is 1. The fraction of sp³-hybridized carbons (Fsp3) is 0.267. The Balaban J connectivity index is 1.80. The highest BCUT2D eigenvalue weighted by Gasteiger charge is 2.25. The Morgan fingerprint density at radius 3 is 2.95 bits per heavy atom. The van der Waals surface area contributed by atoms with E-state index in [1.54, 1.807) is 11.3 Å². The summed E-state index contributed by atoms with van der Waals surface area (Å²) in [6, 6.07) is 11.7. The topological polar surface area (TPSA) is 41.1 Å². The fourth-order valence-corrected chi connectivity index (χ4v) is 3.34. The maximum Gasteiger partial charge on any atom is 0.232 e. The number of para-hydroxylation sites is 1. The average Bonchev–Trinajstić information content (AvgIpc) is 2.79. The van der Waals surface area contributed by atoms with Gasteiger partial charge in [0, 0.05) is 17.1 Å². The summed E-state index contributed by atoms with van der Waals surface area (Å²) in [6.07, 6.45) is 0.850. The lowest BCUT2D eigenvalue weighted by atomic mass is 9.96. The summed E-state index contributed by atoms with van der Waals surface area (Å²) in [5, 5.41) is 8.45. The molecule has 1 aromatic carbocycles. The second-order valence-corrected chi connectivity index (χ2v) is 5.67. The number of carbonyl (C=O) groups excluding carboxylic acids is 1. The molecule has 0 spiro atoms. The third kappa shape index (κ3) is 2.69. The molecule has 3 nitrogen and oxygen atoms in total. The molecule has 1 amide bonds. The number of nitrogens with one attached hydrogen (secondary N) is 2. The predicted octanol–water partition coefficient (Wildman–Crippen LogP) is 2.96. The molecule has 1 aliphatic rings. The van der Waals surface area contributed by atoms with Crippen LogP contribution in [0.15, 0.2) is 41.8 Å². The normalized spacial score (nSPS) is 18.4. The van der Waals surface area contributed by atoms with Crippen molar-refractivity contribution in [1.29, 1.82) is 0 Å². The summed E-state index contributed by atoms with van der Waals surface area (Å²) in [4.78, 5) is 13.7. The van der Waals surface area contributed by atoms with E-state index in [1.165, 1.54) is 10.4 Å². The monoisotopic (exact) mass is 272 g/mol. The van der Waals surface area contributed by atoms with E-state index in [4.69, 9.17) is 0 Å². The molecule has 0 bridgehead atoms. The minimum absolute atomic E-state index is 0.0449. The Hall–Kier alpha value is -1.65. The quantitative estimate of drug-likeness (QED) is 0.882. The third-order valence-electron chi connectivity index (χ3n) is 3.41. The molecular formula is C15H16N2OS. The molecule has 1 unspecified atom stereocenters. The van der Waals surface area contributed by atoms with Gasteiger partial charge in [-0.25, -0.2) is 0 Å². The van der Waals surface area contributed by atoms with Gasteiger partial charge in [0.2, 0.25) is 5.91 Å². The van der Waals surface area contributed by atoms with E-state index in [9.17, 15) is 4.79 Å². The van der Waals surface area contributed by atoms with Crippen LogP contribution < -0.4 is 10.6 Å². The number of rotatable bonds is 2. The first-order valence-electron chi connectivity index (χ1n) is 6.47. The summed E-state index contributed by atoms with van der Waals surface area (Å²) >= 11 is 1.72. The molecule has 0 fully saturated rings. The fourth-order valence-electron chi connectivity index (χ4n) is 2.43. The first-order chi connectivity index (χ1) is 9.34. The highest BCUT2D eigenvalue weighted by molar-refractivity contribution is 7.10. The molecule has 1 aliphatic heterocycles. The molecule has 2 aromatic rings. The molecule has 2 N–H and O–H groups in total. The van der Waals surface area contributed by atoms with Crippen molar-refractivity contribution in [3.8, 4) is 0 Å². The Morgan fingerprint density at radius 1 is 1.26 bits per heavy atom. The van der Waals surface area contributed by atoms with Crippen LogP contribution in [0.4, 0.5) is 5.69 Å². The van der Waals surface area contributed by atoms with Gasteiger partial charge in [-0.15, -0.1) is 11.3 Å². The summed E-state index contributed by atoms with van der Waals surface area (Å²) in [6.45, 7) is 1.76. The first-order valence-corrected chi connectivity index (χ1v) is 7.35. The highest BCUT2D eigenvalue weighted by atomic mass is 32.1. The average molecular weight is 272 g/mol. The number of fused-ring (bicyclic) bond motifs is 1. The Labute approximate surface area is 116 Å². The van der Waals surface area contributed by atoms with Crippen molar-refractivity contribution in [2.75, 3.05) is 11.9 Å². The molecule has 3 rings (SSSR count). The summed E-state index contributed by atoms with van der Waals surface area (Å²) < 4.78 is 0. The lowest BCUT2D eigenvalue weighted by molar-refractivity contribution is -0.117. The van der Waals surface area contributed by atoms with Crippen molar-refractivity contribution in [3.63, 3.8) is 0 Å². The van der Waals surface area contributed by atoms with Gasteiger partial charge in [-0.2, -0.15) is 0 Å². The van der Waals surface area contributed by atoms with Gasteiger partial charge < -0.3 is 10.6 Å². The van der Waals surface area contributed by atoms with Gasteiger partial charge in [-0.1, -0.05) is 18.2 Å². The molecule has 4 heteroatoms. The zero-order valence-corrected chi connectivity index (χ0v) is 11.4. The van der Waals surface area contributed by atoms with Crippen LogP contribution in [0.2, 0.25) is 0 Å². The highest BCUT2D eigenvalue weighted by Crippen LogP contribution is 2.30. The van der Waals surface area contributed by atoms with Gasteiger partial charge in [0.15, 0.2) is 0 Å². The number of benzene rings is 1. The van der Waals surface area contributed by atoms with Crippen molar-refractivity contribution in [2.24, 2.45) is 0 Å². The SMILES string of the molecule is O=C(Nc1ccccc1)C1CCNCc2sccc21. The molecule has 0 radical (unpaired) electrons. The Kier molecular flexibility index (Phi) is 3.62. The van der Waals surface area contributed by atoms with Crippen LogP contribution in [-0.4, -0.2) is 12.5 Å². The maximum atomic E-state index is 12.4. The van der Waals surface area contributed by atoms with Crippen LogP contribution in [0.25, 0.3) is 0 Å². The van der Waals surface area contributed by atoms with Crippen molar-refractivity contribution in [1.82, 2.24) is 5.32 Å². The molecule has 1 atom stereocenters. The van der Waals surface area contributed by atoms with E-state index < -0.39 is 0 Å². The van der Waals surface area contributed by atoms with Crippen LogP contribution >= 0.6 is 11.3 Å². The Morgan fingerprint density at radius 2 is 2.11 bits per heavy atom. The predicted molar refractivity (Wildman–Crippen MR) is 78.5 cm³/mol. The number of hydrogen-bond donors (Lipinski definition) is 2. The lowest BCUT2D eigenvalue weighted by Gasteiger charge is -2.15. The molecule has 1 aromatic heterocycles. The largest absolute Gasteiger partial charge is 0.326 e. The molecule has 19 heavy (non-hydrogen) atoms. The second kappa shape index (κ2) is 5.55. The van der Waals surface area contributed by atoms with E-state index >= 15 is 0 Å². The standard InChI is InChI=1S/C15H16N2OS/c18-15(17-11-4-2-1-3-5-11)13-6-8-16-10-14-12(13)7-9-19-14/h1-5,7,9,13,16H,6,8,10H2,(H,17,18). The van der Waals surface area contributed by atoms with Crippen LogP contribution in [0.3, 0.4) is 0 Å². The molecule has 2 heterocycles. The van der Waals surface area contributed by atoms with Gasteiger partial charge in [0.1, 0.15) is 0 Å². The van der Waals surface area contributed by atoms with Crippen molar-refractivity contribution < 1.29 is 4.79 Å².